The van der Waals surface area contributed by atoms with Crippen LogP contribution in [0.5, 0.6) is 17.4 Å². The van der Waals surface area contributed by atoms with Crippen LogP contribution in [0.15, 0.2) is 60.8 Å². The first kappa shape index (κ1) is 20.4. The maximum absolute atomic E-state index is 13.4. The highest BCUT2D eigenvalue weighted by Crippen LogP contribution is 2.37. The number of halogens is 3. The molecule has 0 unspecified atom stereocenters. The van der Waals surface area contributed by atoms with E-state index < -0.39 is 17.6 Å². The zero-order valence-corrected chi connectivity index (χ0v) is 16.0. The van der Waals surface area contributed by atoms with Crippen LogP contribution in [0, 0.1) is 0 Å². The summed E-state index contributed by atoms with van der Waals surface area (Å²) in [5, 5.41) is 0. The van der Waals surface area contributed by atoms with E-state index in [1.807, 2.05) is 6.92 Å². The number of rotatable bonds is 7. The van der Waals surface area contributed by atoms with Crippen LogP contribution in [0.1, 0.15) is 18.9 Å². The van der Waals surface area contributed by atoms with Crippen LogP contribution < -0.4 is 14.4 Å². The van der Waals surface area contributed by atoms with Gasteiger partial charge in [0, 0.05) is 18.9 Å². The van der Waals surface area contributed by atoms with Crippen molar-refractivity contribution < 1.29 is 22.6 Å². The predicted octanol–water partition coefficient (Wildman–Crippen LogP) is 5.84. The van der Waals surface area contributed by atoms with E-state index >= 15 is 0 Å². The molecule has 2 aromatic carbocycles. The Morgan fingerprint density at radius 1 is 0.966 bits per heavy atom. The summed E-state index contributed by atoms with van der Waals surface area (Å²) in [5.41, 5.74) is -0.346. The zero-order valence-electron chi connectivity index (χ0n) is 16.0. The van der Waals surface area contributed by atoms with E-state index in [1.54, 1.807) is 66.5 Å². The number of hydrogen-bond donors (Lipinski definition) is 0. The van der Waals surface area contributed by atoms with Crippen LogP contribution in [-0.2, 0) is 6.18 Å². The van der Waals surface area contributed by atoms with Gasteiger partial charge in [-0.2, -0.15) is 18.2 Å². The van der Waals surface area contributed by atoms with E-state index in [-0.39, 0.29) is 11.7 Å². The number of benzene rings is 2. The molecule has 3 rings (SSSR count). The van der Waals surface area contributed by atoms with Gasteiger partial charge < -0.3 is 14.4 Å². The van der Waals surface area contributed by atoms with Gasteiger partial charge in [-0.05, 0) is 42.8 Å². The van der Waals surface area contributed by atoms with E-state index in [2.05, 4.69) is 9.97 Å². The van der Waals surface area contributed by atoms with Gasteiger partial charge in [-0.3, -0.25) is 0 Å². The Bertz CT molecular complexity index is 932. The standard InChI is InChI=1S/C21H20F3N3O2/c1-3-13-28-16-11-9-15(10-12-16)27(2)20-25-14-18(21(22,23)24)19(26-20)29-17-7-5-4-6-8-17/h4-12,14H,3,13H2,1-2H3. The van der Waals surface area contributed by atoms with Crippen molar-refractivity contribution in [1.82, 2.24) is 9.97 Å². The molecule has 8 heteroatoms. The summed E-state index contributed by atoms with van der Waals surface area (Å²) in [5.74, 6) is 0.489. The van der Waals surface area contributed by atoms with Gasteiger partial charge in [0.25, 0.3) is 0 Å². The third kappa shape index (κ3) is 5.16. The first-order chi connectivity index (χ1) is 13.9. The van der Waals surface area contributed by atoms with E-state index in [0.717, 1.165) is 12.6 Å². The van der Waals surface area contributed by atoms with Gasteiger partial charge in [0.1, 0.15) is 17.1 Å². The number of alkyl halides is 3. The van der Waals surface area contributed by atoms with Crippen molar-refractivity contribution >= 4 is 11.6 Å². The van der Waals surface area contributed by atoms with Crippen molar-refractivity contribution in [3.8, 4) is 17.4 Å². The lowest BCUT2D eigenvalue weighted by atomic mass is 10.3. The van der Waals surface area contributed by atoms with Crippen LogP contribution in [0.2, 0.25) is 0 Å². The molecule has 0 saturated carbocycles. The molecule has 0 spiro atoms. The summed E-state index contributed by atoms with van der Waals surface area (Å²) in [7, 11) is 1.66. The third-order valence-electron chi connectivity index (χ3n) is 4.00. The van der Waals surface area contributed by atoms with Crippen molar-refractivity contribution in [2.75, 3.05) is 18.6 Å². The highest BCUT2D eigenvalue weighted by Gasteiger charge is 2.36. The summed E-state index contributed by atoms with van der Waals surface area (Å²) in [6, 6.07) is 15.3. The molecule has 0 N–H and O–H groups in total. The second-order valence-corrected chi connectivity index (χ2v) is 6.20. The van der Waals surface area contributed by atoms with Crippen molar-refractivity contribution in [2.24, 2.45) is 0 Å². The van der Waals surface area contributed by atoms with Gasteiger partial charge in [-0.15, -0.1) is 0 Å². The Balaban J connectivity index is 1.90. The predicted molar refractivity (Wildman–Crippen MR) is 104 cm³/mol. The largest absolute Gasteiger partial charge is 0.494 e. The average Bonchev–Trinajstić information content (AvgIpc) is 2.72. The Morgan fingerprint density at radius 3 is 2.28 bits per heavy atom. The van der Waals surface area contributed by atoms with E-state index in [4.69, 9.17) is 9.47 Å². The fraction of sp³-hybridized carbons (Fsp3) is 0.238. The van der Waals surface area contributed by atoms with Gasteiger partial charge in [-0.25, -0.2) is 4.98 Å². The van der Waals surface area contributed by atoms with Gasteiger partial charge in [0.2, 0.25) is 11.8 Å². The lowest BCUT2D eigenvalue weighted by Gasteiger charge is -2.20. The molecule has 0 saturated heterocycles. The fourth-order valence-corrected chi connectivity index (χ4v) is 2.49. The minimum Gasteiger partial charge on any atom is -0.494 e. The second-order valence-electron chi connectivity index (χ2n) is 6.20. The quantitative estimate of drug-likeness (QED) is 0.496. The molecule has 0 amide bonds. The molecule has 5 nitrogen and oxygen atoms in total. The summed E-state index contributed by atoms with van der Waals surface area (Å²) >= 11 is 0. The first-order valence-corrected chi connectivity index (χ1v) is 9.02. The van der Waals surface area contributed by atoms with Crippen LogP contribution in [0.25, 0.3) is 0 Å². The van der Waals surface area contributed by atoms with Crippen LogP contribution in [-0.4, -0.2) is 23.6 Å². The molecule has 0 fully saturated rings. The van der Waals surface area contributed by atoms with Gasteiger partial charge in [0.05, 0.1) is 6.61 Å². The Labute approximate surface area is 166 Å². The Kier molecular flexibility index (Phi) is 6.21. The molecule has 0 radical (unpaired) electrons. The molecule has 1 heterocycles. The lowest BCUT2D eigenvalue weighted by Crippen LogP contribution is -2.16. The van der Waals surface area contributed by atoms with Crippen molar-refractivity contribution in [2.45, 2.75) is 19.5 Å². The highest BCUT2D eigenvalue weighted by atomic mass is 19.4. The molecule has 1 aromatic heterocycles. The molecule has 0 aliphatic rings. The Hall–Kier alpha value is -3.29. The average molecular weight is 403 g/mol. The monoisotopic (exact) mass is 403 g/mol. The molecular formula is C21H20F3N3O2. The summed E-state index contributed by atoms with van der Waals surface area (Å²) in [6.45, 7) is 2.62. The number of anilines is 2. The summed E-state index contributed by atoms with van der Waals surface area (Å²) in [6.07, 6.45) is -3.01. The number of hydrogen-bond acceptors (Lipinski definition) is 5. The first-order valence-electron chi connectivity index (χ1n) is 9.02. The minimum absolute atomic E-state index is 0.0751. The molecule has 0 bridgehead atoms. The summed E-state index contributed by atoms with van der Waals surface area (Å²) in [4.78, 5) is 9.47. The van der Waals surface area contributed by atoms with Crippen LogP contribution in [0.4, 0.5) is 24.8 Å². The van der Waals surface area contributed by atoms with E-state index in [9.17, 15) is 13.2 Å². The number of para-hydroxylation sites is 1. The molecule has 152 valence electrons. The normalized spacial score (nSPS) is 11.2. The third-order valence-corrected chi connectivity index (χ3v) is 4.00. The van der Waals surface area contributed by atoms with E-state index in [0.29, 0.717) is 18.0 Å². The lowest BCUT2D eigenvalue weighted by molar-refractivity contribution is -0.139. The number of ether oxygens (including phenoxy) is 2. The van der Waals surface area contributed by atoms with E-state index in [1.165, 1.54) is 0 Å². The molecule has 0 aliphatic heterocycles. The van der Waals surface area contributed by atoms with Crippen LogP contribution in [0.3, 0.4) is 0 Å². The van der Waals surface area contributed by atoms with Crippen molar-refractivity contribution in [1.29, 1.82) is 0 Å². The fourth-order valence-electron chi connectivity index (χ4n) is 2.49. The van der Waals surface area contributed by atoms with Gasteiger partial charge in [0.15, 0.2) is 0 Å². The van der Waals surface area contributed by atoms with Crippen molar-refractivity contribution in [3.63, 3.8) is 0 Å². The maximum Gasteiger partial charge on any atom is 0.423 e. The molecule has 3 aromatic rings. The highest BCUT2D eigenvalue weighted by molar-refractivity contribution is 5.58. The number of nitrogens with zero attached hydrogens (tertiary/aromatic N) is 3. The SMILES string of the molecule is CCCOc1ccc(N(C)c2ncc(C(F)(F)F)c(Oc3ccccc3)n2)cc1. The molecular weight excluding hydrogens is 383 g/mol. The Morgan fingerprint density at radius 2 is 1.66 bits per heavy atom. The maximum atomic E-state index is 13.4. The molecule has 0 atom stereocenters. The number of aromatic nitrogens is 2. The topological polar surface area (TPSA) is 47.5 Å². The minimum atomic E-state index is -4.64. The molecule has 0 aliphatic carbocycles. The van der Waals surface area contributed by atoms with Crippen LogP contribution >= 0.6 is 0 Å². The summed E-state index contributed by atoms with van der Waals surface area (Å²) < 4.78 is 51.0. The van der Waals surface area contributed by atoms with Gasteiger partial charge in [-0.1, -0.05) is 25.1 Å². The second kappa shape index (κ2) is 8.81. The van der Waals surface area contributed by atoms with Gasteiger partial charge >= 0.3 is 6.18 Å². The van der Waals surface area contributed by atoms with Crippen molar-refractivity contribution in [3.05, 3.63) is 66.4 Å². The smallest absolute Gasteiger partial charge is 0.423 e. The molecule has 29 heavy (non-hydrogen) atoms. The zero-order chi connectivity index (χ0) is 20.9.